The molecular formula is C29H31BN5O4. The Bertz CT molecular complexity index is 1430. The summed E-state index contributed by atoms with van der Waals surface area (Å²) >= 11 is 0. The quantitative estimate of drug-likeness (QED) is 0.250. The highest BCUT2D eigenvalue weighted by molar-refractivity contribution is 6.32. The molecule has 2 aromatic carbocycles. The fourth-order valence-electron chi connectivity index (χ4n) is 5.04. The van der Waals surface area contributed by atoms with Gasteiger partial charge in [-0.05, 0) is 31.9 Å². The molecule has 1 aliphatic rings. The van der Waals surface area contributed by atoms with Gasteiger partial charge >= 0.3 is 5.97 Å². The number of benzene rings is 2. The summed E-state index contributed by atoms with van der Waals surface area (Å²) in [6, 6.07) is 15.5. The number of rotatable bonds is 8. The average molecular weight is 524 g/mol. The van der Waals surface area contributed by atoms with Gasteiger partial charge in [0.05, 0.1) is 48.8 Å². The van der Waals surface area contributed by atoms with Gasteiger partial charge in [0.1, 0.15) is 7.28 Å². The van der Waals surface area contributed by atoms with Crippen LogP contribution in [0.15, 0.2) is 65.3 Å². The Labute approximate surface area is 228 Å². The van der Waals surface area contributed by atoms with Gasteiger partial charge in [0, 0.05) is 18.2 Å². The van der Waals surface area contributed by atoms with Crippen molar-refractivity contribution in [1.82, 2.24) is 24.9 Å². The van der Waals surface area contributed by atoms with Gasteiger partial charge in [-0.3, -0.25) is 9.59 Å². The molecule has 1 amide bonds. The largest absolute Gasteiger partial charge is 0.469 e. The van der Waals surface area contributed by atoms with Gasteiger partial charge in [-0.15, -0.1) is 0 Å². The van der Waals surface area contributed by atoms with Crippen molar-refractivity contribution in [2.75, 3.05) is 13.7 Å². The zero-order valence-corrected chi connectivity index (χ0v) is 22.4. The Morgan fingerprint density at radius 1 is 1.08 bits per heavy atom. The molecule has 199 valence electrons. The summed E-state index contributed by atoms with van der Waals surface area (Å²) in [5.74, 6) is 0.506. The monoisotopic (exact) mass is 524 g/mol. The van der Waals surface area contributed by atoms with Crippen LogP contribution >= 0.6 is 0 Å². The minimum absolute atomic E-state index is 0.00976. The number of hydrogen-bond donors (Lipinski definition) is 0. The zero-order valence-electron chi connectivity index (χ0n) is 22.4. The summed E-state index contributed by atoms with van der Waals surface area (Å²) in [6.07, 6.45) is 5.67. The fourth-order valence-corrected chi connectivity index (χ4v) is 5.04. The second kappa shape index (κ2) is 11.7. The van der Waals surface area contributed by atoms with E-state index >= 15 is 0 Å². The molecule has 3 heterocycles. The number of methoxy groups -OCH3 is 1. The van der Waals surface area contributed by atoms with Crippen molar-refractivity contribution in [1.29, 1.82) is 0 Å². The first kappa shape index (κ1) is 26.4. The van der Waals surface area contributed by atoms with Crippen molar-refractivity contribution in [2.24, 2.45) is 0 Å². The van der Waals surface area contributed by atoms with Crippen molar-refractivity contribution in [3.8, 4) is 17.0 Å². The Balaban J connectivity index is 1.44. The van der Waals surface area contributed by atoms with Crippen molar-refractivity contribution >= 4 is 19.2 Å². The normalized spacial score (nSPS) is 17.2. The highest BCUT2D eigenvalue weighted by atomic mass is 16.5. The number of para-hydroxylation sites is 1. The molecule has 39 heavy (non-hydrogen) atoms. The van der Waals surface area contributed by atoms with Crippen molar-refractivity contribution < 1.29 is 18.7 Å². The molecular weight excluding hydrogens is 493 g/mol. The van der Waals surface area contributed by atoms with Crippen molar-refractivity contribution in [3.05, 3.63) is 83.6 Å². The molecule has 9 nitrogen and oxygen atoms in total. The van der Waals surface area contributed by atoms with Crippen LogP contribution in [0.3, 0.4) is 0 Å². The predicted molar refractivity (Wildman–Crippen MR) is 147 cm³/mol. The lowest BCUT2D eigenvalue weighted by atomic mass is 9.75. The second-order valence-corrected chi connectivity index (χ2v) is 9.81. The van der Waals surface area contributed by atoms with E-state index in [0.29, 0.717) is 35.1 Å². The van der Waals surface area contributed by atoms with Crippen molar-refractivity contribution in [3.63, 3.8) is 0 Å². The summed E-state index contributed by atoms with van der Waals surface area (Å²) in [4.78, 5) is 34.1. The Morgan fingerprint density at radius 3 is 2.54 bits per heavy atom. The van der Waals surface area contributed by atoms with Gasteiger partial charge in [-0.2, -0.15) is 15.0 Å². The lowest BCUT2D eigenvalue weighted by Crippen LogP contribution is -2.45. The smallest absolute Gasteiger partial charge is 0.311 e. The molecule has 0 aliphatic carbocycles. The molecule has 0 bridgehead atoms. The second-order valence-electron chi connectivity index (χ2n) is 9.81. The number of esters is 1. The molecule has 1 aliphatic heterocycles. The molecule has 1 radical (unpaired) electrons. The minimum atomic E-state index is -0.383. The standard InChI is InChI=1S/C29H31BN5O4/c1-19-8-11-22(18-34(19)29(37)23-6-4-5-7-25(23)35-31-14-15-32-35)28-33-24(16-26(36)38-3)27(39-28)21-12-9-20(10-13-21)17-30-2/h4-7,9-10,12-15,19,22H,8,11,16-18H2,1-3H3/t19-,22-/m1/s1. The zero-order chi connectivity index (χ0) is 27.4. The lowest BCUT2D eigenvalue weighted by Gasteiger charge is -2.37. The minimum Gasteiger partial charge on any atom is -0.469 e. The van der Waals surface area contributed by atoms with Gasteiger partial charge in [-0.25, -0.2) is 4.98 Å². The molecule has 0 unspecified atom stereocenters. The Kier molecular flexibility index (Phi) is 7.90. The van der Waals surface area contributed by atoms with Gasteiger partial charge in [-0.1, -0.05) is 55.1 Å². The van der Waals surface area contributed by atoms with Crippen LogP contribution in [0.1, 0.15) is 53.2 Å². The van der Waals surface area contributed by atoms with E-state index in [4.69, 9.17) is 14.1 Å². The molecule has 5 rings (SSSR count). The van der Waals surface area contributed by atoms with Gasteiger partial charge in [0.25, 0.3) is 5.91 Å². The first-order chi connectivity index (χ1) is 19.0. The molecule has 1 saturated heterocycles. The number of piperidine rings is 1. The van der Waals surface area contributed by atoms with E-state index in [-0.39, 0.29) is 30.3 Å². The fraction of sp³-hybridized carbons (Fsp3) is 0.345. The SMILES string of the molecule is C[B]Cc1ccc(-c2oc([C@@H]3CC[C@@H](C)N(C(=O)c4ccccc4-n4nccn4)C3)nc2CC(=O)OC)cc1. The van der Waals surface area contributed by atoms with E-state index in [2.05, 4.69) is 24.4 Å². The van der Waals surface area contributed by atoms with E-state index in [1.807, 2.05) is 54.2 Å². The first-order valence-electron chi connectivity index (χ1n) is 13.2. The number of likely N-dealkylation sites (tertiary alicyclic amines) is 1. The van der Waals surface area contributed by atoms with Crippen molar-refractivity contribution in [2.45, 2.75) is 51.3 Å². The first-order valence-corrected chi connectivity index (χ1v) is 13.2. The Hall–Kier alpha value is -4.21. The van der Waals surface area contributed by atoms with Gasteiger partial charge < -0.3 is 14.1 Å². The van der Waals surface area contributed by atoms with Crippen LogP contribution in [0.5, 0.6) is 0 Å². The molecule has 10 heteroatoms. The maximum Gasteiger partial charge on any atom is 0.311 e. The number of hydrogen-bond acceptors (Lipinski definition) is 7. The average Bonchev–Trinajstić information content (AvgIpc) is 3.64. The van der Waals surface area contributed by atoms with E-state index < -0.39 is 0 Å². The highest BCUT2D eigenvalue weighted by Gasteiger charge is 2.34. The molecule has 2 atom stereocenters. The van der Waals surface area contributed by atoms with E-state index in [0.717, 1.165) is 24.7 Å². The molecule has 0 N–H and O–H groups in total. The molecule has 0 saturated carbocycles. The van der Waals surface area contributed by atoms with Crippen LogP contribution in [0.2, 0.25) is 6.82 Å². The van der Waals surface area contributed by atoms with E-state index in [9.17, 15) is 9.59 Å². The number of aromatic nitrogens is 4. The van der Waals surface area contributed by atoms with E-state index in [1.54, 1.807) is 18.5 Å². The number of ether oxygens (including phenoxy) is 1. The third kappa shape index (κ3) is 5.65. The summed E-state index contributed by atoms with van der Waals surface area (Å²) < 4.78 is 11.3. The van der Waals surface area contributed by atoms with Gasteiger partial charge in [0.2, 0.25) is 0 Å². The maximum atomic E-state index is 13.8. The van der Waals surface area contributed by atoms with Crippen LogP contribution in [0.25, 0.3) is 17.0 Å². The number of nitrogens with zero attached hydrogens (tertiary/aromatic N) is 5. The topological polar surface area (TPSA) is 103 Å². The number of carbonyl (C=O) groups is 2. The summed E-state index contributed by atoms with van der Waals surface area (Å²) in [6.45, 7) is 4.53. The number of carbonyl (C=O) groups excluding carboxylic acids is 2. The number of amides is 1. The Morgan fingerprint density at radius 2 is 1.82 bits per heavy atom. The molecule has 4 aromatic rings. The van der Waals surface area contributed by atoms with Crippen LogP contribution in [-0.4, -0.2) is 63.7 Å². The van der Waals surface area contributed by atoms with Crippen LogP contribution < -0.4 is 0 Å². The third-order valence-electron chi connectivity index (χ3n) is 7.17. The molecule has 1 fully saturated rings. The predicted octanol–water partition coefficient (Wildman–Crippen LogP) is 4.30. The molecule has 0 spiro atoms. The highest BCUT2D eigenvalue weighted by Crippen LogP contribution is 2.35. The van der Waals surface area contributed by atoms with Gasteiger partial charge in [0.15, 0.2) is 11.7 Å². The number of oxazole rings is 1. The maximum absolute atomic E-state index is 13.8. The summed E-state index contributed by atoms with van der Waals surface area (Å²) in [7, 11) is 3.47. The molecule has 2 aromatic heterocycles. The van der Waals surface area contributed by atoms with Crippen LogP contribution in [0.4, 0.5) is 0 Å². The lowest BCUT2D eigenvalue weighted by molar-refractivity contribution is -0.139. The summed E-state index contributed by atoms with van der Waals surface area (Å²) in [5, 5.41) is 8.43. The van der Waals surface area contributed by atoms with Crippen LogP contribution in [0, 0.1) is 0 Å². The third-order valence-corrected chi connectivity index (χ3v) is 7.17. The van der Waals surface area contributed by atoms with Crippen LogP contribution in [-0.2, 0) is 22.3 Å². The summed E-state index contributed by atoms with van der Waals surface area (Å²) in [5.41, 5.74) is 3.75. The van der Waals surface area contributed by atoms with E-state index in [1.165, 1.54) is 17.5 Å².